The standard InChI is InChI=1S/C30H28ClN3O5.C29H29ClN3O5PS/c1-19-7-3-4-8-23(19)28(35)33-22-11-12-24(20(2)17-22)29(36)34-15-5-9-27(39-30(37)38-16-6-14-32)25-18-21(31)10-13-26(25)34;1-19-7-3-4-8-23(19)28(34)32-22-11-12-24(20(2)17-22)29(35)33-15-5-9-27(25-18-21(30)10-13-26(25)33)38-39(36,40)37-16-6-14-31/h3-4,7-8,10-13,17-18,27H,5-6,9,15-16H2,1-2H3,(H,33,35);3-4,7-8,10-13,17-18,27H,5-6,9,15-16H2,1-2H3,(H,32,34)(H,36,40). The van der Waals surface area contributed by atoms with Crippen molar-refractivity contribution in [2.45, 2.75) is 78.4 Å². The van der Waals surface area contributed by atoms with E-state index >= 15 is 0 Å². The predicted octanol–water partition coefficient (Wildman–Crippen LogP) is 13.6. The highest BCUT2D eigenvalue weighted by molar-refractivity contribution is 8.07. The van der Waals surface area contributed by atoms with E-state index in [9.17, 15) is 28.9 Å². The number of ether oxygens (including phenoxy) is 2. The van der Waals surface area contributed by atoms with Crippen LogP contribution in [0.25, 0.3) is 0 Å². The first-order valence-corrected chi connectivity index (χ1v) is 28.6. The SMILES string of the molecule is Cc1ccccc1C(=O)Nc1ccc(C(=O)N2CCCC(OC(=O)OCCC#N)c3cc(Cl)ccc32)c(C)c1.Cc1ccccc1C(=O)Nc1ccc(C(=O)N2CCCC(OP(O)(=S)OCCC#N)c3cc(Cl)ccc32)c(C)c1. The van der Waals surface area contributed by atoms with E-state index in [0.717, 1.165) is 11.1 Å². The molecule has 16 nitrogen and oxygen atoms in total. The molecular formula is C59H57Cl2N6O10PS. The number of carbonyl (C=O) groups excluding carboxylic acids is 5. The second kappa shape index (κ2) is 27.4. The second-order valence-corrected chi connectivity index (χ2v) is 22.3. The number of rotatable bonds is 14. The Kier molecular flexibility index (Phi) is 20.6. The van der Waals surface area contributed by atoms with Gasteiger partial charge in [-0.25, -0.2) is 4.79 Å². The maximum Gasteiger partial charge on any atom is 0.508 e. The fraction of sp³-hybridized carbons (Fsp3) is 0.271. The summed E-state index contributed by atoms with van der Waals surface area (Å²) in [5, 5.41) is 24.1. The normalized spacial score (nSPS) is 15.4. The van der Waals surface area contributed by atoms with Crippen molar-refractivity contribution in [3.8, 4) is 12.1 Å². The predicted molar refractivity (Wildman–Crippen MR) is 307 cm³/mol. The van der Waals surface area contributed by atoms with Crippen molar-refractivity contribution in [3.05, 3.63) is 187 Å². The van der Waals surface area contributed by atoms with Gasteiger partial charge in [-0.1, -0.05) is 59.6 Å². The van der Waals surface area contributed by atoms with E-state index < -0.39 is 25.1 Å². The Bertz CT molecular complexity index is 3420. The summed E-state index contributed by atoms with van der Waals surface area (Å²) in [7, 11) is 0. The van der Waals surface area contributed by atoms with Crippen LogP contribution in [0, 0.1) is 50.4 Å². The van der Waals surface area contributed by atoms with Gasteiger partial charge < -0.3 is 43.8 Å². The largest absolute Gasteiger partial charge is 0.508 e. The number of hydrogen-bond donors (Lipinski definition) is 3. The molecule has 6 aromatic rings. The van der Waals surface area contributed by atoms with Gasteiger partial charge in [0.2, 0.25) is 0 Å². The molecular weight excluding hydrogens is 1090 g/mol. The monoisotopic (exact) mass is 1140 g/mol. The van der Waals surface area contributed by atoms with Crippen molar-refractivity contribution in [2.75, 3.05) is 46.7 Å². The zero-order valence-electron chi connectivity index (χ0n) is 43.8. The molecule has 3 unspecified atom stereocenters. The summed E-state index contributed by atoms with van der Waals surface area (Å²) < 4.78 is 21.7. The van der Waals surface area contributed by atoms with Gasteiger partial charge in [0.25, 0.3) is 23.6 Å². The summed E-state index contributed by atoms with van der Waals surface area (Å²) in [6, 6.07) is 39.1. The highest BCUT2D eigenvalue weighted by atomic mass is 35.5. The average Bonchev–Trinajstić information content (AvgIpc) is 3.85. The van der Waals surface area contributed by atoms with Gasteiger partial charge >= 0.3 is 12.9 Å². The summed E-state index contributed by atoms with van der Waals surface area (Å²) in [5.74, 6) is -0.874. The van der Waals surface area contributed by atoms with Crippen LogP contribution in [0.15, 0.2) is 121 Å². The van der Waals surface area contributed by atoms with Crippen molar-refractivity contribution in [1.82, 2.24) is 0 Å². The summed E-state index contributed by atoms with van der Waals surface area (Å²) in [4.78, 5) is 79.2. The molecule has 0 aromatic heterocycles. The van der Waals surface area contributed by atoms with E-state index in [1.165, 1.54) is 0 Å². The number of benzene rings is 6. The maximum absolute atomic E-state index is 13.8. The van der Waals surface area contributed by atoms with Crippen molar-refractivity contribution in [1.29, 1.82) is 10.5 Å². The van der Waals surface area contributed by atoms with Gasteiger partial charge in [0.05, 0.1) is 43.4 Å². The Hall–Kier alpha value is -7.44. The summed E-state index contributed by atoms with van der Waals surface area (Å²) in [6.45, 7) is 4.48. The van der Waals surface area contributed by atoms with Gasteiger partial charge in [0, 0.05) is 73.6 Å². The number of aryl methyl sites for hydroxylation is 4. The number of carbonyl (C=O) groups is 5. The van der Waals surface area contributed by atoms with Gasteiger partial charge in [-0.3, -0.25) is 19.2 Å². The van der Waals surface area contributed by atoms with Gasteiger partial charge in [0.15, 0.2) is 0 Å². The van der Waals surface area contributed by atoms with E-state index in [1.807, 2.05) is 76.2 Å². The molecule has 2 heterocycles. The average molecular weight is 1140 g/mol. The number of hydrogen-bond acceptors (Lipinski definition) is 12. The van der Waals surface area contributed by atoms with Crippen molar-refractivity contribution >= 4 is 94.3 Å². The van der Waals surface area contributed by atoms with Crippen LogP contribution in [-0.4, -0.2) is 61.0 Å². The molecule has 4 amide bonds. The lowest BCUT2D eigenvalue weighted by atomic mass is 10.0. The van der Waals surface area contributed by atoms with Crippen LogP contribution < -0.4 is 20.4 Å². The van der Waals surface area contributed by atoms with Crippen LogP contribution >= 0.6 is 29.9 Å². The van der Waals surface area contributed by atoms with Gasteiger partial charge in [0.1, 0.15) is 12.7 Å². The molecule has 6 aromatic carbocycles. The third kappa shape index (κ3) is 15.4. The van der Waals surface area contributed by atoms with Crippen molar-refractivity contribution in [2.24, 2.45) is 0 Å². The van der Waals surface area contributed by atoms with Gasteiger partial charge in [-0.05, 0) is 172 Å². The molecule has 0 saturated heterocycles. The Labute approximate surface area is 474 Å². The van der Waals surface area contributed by atoms with Crippen LogP contribution in [0.4, 0.5) is 27.5 Å². The first-order chi connectivity index (χ1) is 37.9. The number of anilines is 4. The number of amides is 4. The minimum absolute atomic E-state index is 0.0370. The number of halogens is 2. The third-order valence-electron chi connectivity index (χ3n) is 13.1. The first-order valence-electron chi connectivity index (χ1n) is 25.3. The van der Waals surface area contributed by atoms with Crippen LogP contribution in [0.2, 0.25) is 10.0 Å². The smallest absolute Gasteiger partial charge is 0.433 e. The lowest BCUT2D eigenvalue weighted by molar-refractivity contribution is 0.0213. The summed E-state index contributed by atoms with van der Waals surface area (Å²) in [5.41, 5.74) is 8.87. The molecule has 3 atom stereocenters. The lowest BCUT2D eigenvalue weighted by Crippen LogP contribution is -2.32. The molecule has 79 heavy (non-hydrogen) atoms. The highest BCUT2D eigenvalue weighted by Gasteiger charge is 2.33. The highest BCUT2D eigenvalue weighted by Crippen LogP contribution is 2.52. The Morgan fingerprint density at radius 1 is 0.620 bits per heavy atom. The van der Waals surface area contributed by atoms with E-state index in [0.29, 0.717) is 116 Å². The molecule has 8 rings (SSSR count). The fourth-order valence-corrected chi connectivity index (χ4v) is 11.0. The molecule has 0 saturated carbocycles. The number of nitrogens with zero attached hydrogens (tertiary/aromatic N) is 4. The van der Waals surface area contributed by atoms with Crippen molar-refractivity contribution in [3.63, 3.8) is 0 Å². The molecule has 0 spiro atoms. The lowest BCUT2D eigenvalue weighted by Gasteiger charge is -2.26. The van der Waals surface area contributed by atoms with Gasteiger partial charge in [-0.2, -0.15) is 10.5 Å². The van der Waals surface area contributed by atoms with E-state index in [-0.39, 0.29) is 49.7 Å². The van der Waals surface area contributed by atoms with E-state index in [4.69, 9.17) is 64.1 Å². The van der Waals surface area contributed by atoms with E-state index in [1.54, 1.807) is 94.7 Å². The molecule has 0 radical (unpaired) electrons. The maximum atomic E-state index is 13.8. The molecule has 3 N–H and O–H groups in total. The third-order valence-corrected chi connectivity index (χ3v) is 15.1. The quantitative estimate of drug-likeness (QED) is 0.0525. The molecule has 2 aliphatic rings. The van der Waals surface area contributed by atoms with Crippen LogP contribution in [0.5, 0.6) is 0 Å². The number of fused-ring (bicyclic) bond motifs is 2. The topological polar surface area (TPSA) is 221 Å². The molecule has 20 heteroatoms. The zero-order chi connectivity index (χ0) is 56.8. The van der Waals surface area contributed by atoms with E-state index in [2.05, 4.69) is 10.6 Å². The molecule has 0 bridgehead atoms. The minimum Gasteiger partial charge on any atom is -0.433 e. The fourth-order valence-electron chi connectivity index (χ4n) is 9.17. The Morgan fingerprint density at radius 3 is 1.54 bits per heavy atom. The van der Waals surface area contributed by atoms with Gasteiger partial charge in [-0.15, -0.1) is 0 Å². The Morgan fingerprint density at radius 2 is 1.08 bits per heavy atom. The molecule has 2 aliphatic heterocycles. The molecule has 0 fully saturated rings. The summed E-state index contributed by atoms with van der Waals surface area (Å²) in [6.07, 6.45) is 0.0330. The minimum atomic E-state index is -3.63. The number of nitrogens with one attached hydrogen (secondary N) is 2. The Balaban J connectivity index is 0.000000229. The van der Waals surface area contributed by atoms with Crippen LogP contribution in [-0.2, 0) is 30.3 Å². The van der Waals surface area contributed by atoms with Crippen LogP contribution in [0.3, 0.4) is 0 Å². The first kappa shape index (κ1) is 59.2. The number of nitriles is 2. The van der Waals surface area contributed by atoms with Crippen LogP contribution in [0.1, 0.15) is 126 Å². The molecule has 408 valence electrons. The van der Waals surface area contributed by atoms with Crippen molar-refractivity contribution < 1.29 is 47.4 Å². The zero-order valence-corrected chi connectivity index (χ0v) is 47.0. The molecule has 0 aliphatic carbocycles. The summed E-state index contributed by atoms with van der Waals surface area (Å²) >= 11 is 17.7. The second-order valence-electron chi connectivity index (χ2n) is 18.6.